The van der Waals surface area contributed by atoms with Crippen LogP contribution in [-0.4, -0.2) is 61.8 Å². The molecular weight excluding hydrogens is 284 g/mol. The van der Waals surface area contributed by atoms with Gasteiger partial charge in [-0.15, -0.1) is 0 Å². The first-order valence-corrected chi connectivity index (χ1v) is 8.32. The van der Waals surface area contributed by atoms with Crippen molar-refractivity contribution in [3.05, 3.63) is 0 Å². The number of likely N-dealkylation sites (tertiary alicyclic amines) is 1. The monoisotopic (exact) mass is 314 g/mol. The van der Waals surface area contributed by atoms with E-state index in [0.717, 1.165) is 19.4 Å². The first-order chi connectivity index (χ1) is 10.6. The van der Waals surface area contributed by atoms with Crippen LogP contribution in [0.15, 0.2) is 0 Å². The lowest BCUT2D eigenvalue weighted by molar-refractivity contribution is -0.135. The number of amides is 2. The normalized spacial score (nSPS) is 19.8. The molecule has 2 atom stereocenters. The lowest BCUT2D eigenvalue weighted by Crippen LogP contribution is -2.44. The largest absolute Gasteiger partial charge is 0.379 e. The number of carbonyl (C=O) groups excluding carboxylic acids is 2. The second kappa shape index (κ2) is 10.6. The van der Waals surface area contributed by atoms with Gasteiger partial charge in [-0.3, -0.25) is 9.59 Å². The van der Waals surface area contributed by atoms with Crippen molar-refractivity contribution in [3.63, 3.8) is 0 Å². The van der Waals surface area contributed by atoms with Crippen molar-refractivity contribution in [2.75, 3.05) is 32.9 Å². The van der Waals surface area contributed by atoms with Gasteiger partial charge in [0.1, 0.15) is 6.10 Å². The molecule has 1 aliphatic heterocycles. The molecule has 0 spiro atoms. The van der Waals surface area contributed by atoms with Crippen molar-refractivity contribution >= 4 is 11.8 Å². The molecule has 1 fully saturated rings. The van der Waals surface area contributed by atoms with E-state index in [2.05, 4.69) is 12.2 Å². The summed E-state index contributed by atoms with van der Waals surface area (Å²) in [5.74, 6) is -0.0617. The molecule has 1 saturated heterocycles. The number of carbonyl (C=O) groups is 2. The van der Waals surface area contributed by atoms with Gasteiger partial charge >= 0.3 is 0 Å². The van der Waals surface area contributed by atoms with Crippen LogP contribution in [0.5, 0.6) is 0 Å². The molecule has 0 unspecified atom stereocenters. The highest BCUT2D eigenvalue weighted by molar-refractivity contribution is 5.81. The van der Waals surface area contributed by atoms with E-state index in [1.807, 2.05) is 11.8 Å². The van der Waals surface area contributed by atoms with Crippen LogP contribution in [0.4, 0.5) is 0 Å². The average Bonchev–Trinajstić information content (AvgIpc) is 2.51. The quantitative estimate of drug-likeness (QED) is 0.652. The van der Waals surface area contributed by atoms with Crippen LogP contribution >= 0.6 is 0 Å². The van der Waals surface area contributed by atoms with Crippen LogP contribution in [0.25, 0.3) is 0 Å². The number of hydrogen-bond donors (Lipinski definition) is 1. The molecule has 2 amide bonds. The van der Waals surface area contributed by atoms with Crippen LogP contribution < -0.4 is 5.32 Å². The van der Waals surface area contributed by atoms with Gasteiger partial charge in [0.2, 0.25) is 11.8 Å². The van der Waals surface area contributed by atoms with Crippen molar-refractivity contribution in [3.8, 4) is 0 Å². The van der Waals surface area contributed by atoms with Crippen LogP contribution in [-0.2, 0) is 19.1 Å². The minimum absolute atomic E-state index is 0.123. The molecule has 0 aromatic heterocycles. The van der Waals surface area contributed by atoms with Gasteiger partial charge in [0.15, 0.2) is 0 Å². The number of nitrogens with zero attached hydrogens (tertiary/aromatic N) is 1. The molecule has 128 valence electrons. The van der Waals surface area contributed by atoms with Gasteiger partial charge in [-0.25, -0.2) is 0 Å². The van der Waals surface area contributed by atoms with Gasteiger partial charge < -0.3 is 19.7 Å². The molecular formula is C16H30N2O4. The van der Waals surface area contributed by atoms with E-state index in [9.17, 15) is 9.59 Å². The van der Waals surface area contributed by atoms with Gasteiger partial charge in [-0.2, -0.15) is 0 Å². The van der Waals surface area contributed by atoms with E-state index in [1.54, 1.807) is 6.92 Å². The third kappa shape index (κ3) is 6.75. The zero-order chi connectivity index (χ0) is 16.4. The zero-order valence-electron chi connectivity index (χ0n) is 14.1. The standard InChI is InChI=1S/C16H30N2O4/c1-4-21-11-12-22-14(3)16(20)17-9-8-15(19)18-10-6-5-7-13(18)2/h13-14H,4-12H2,1-3H3,(H,17,20)/t13-,14+/m1/s1. The van der Waals surface area contributed by atoms with Crippen LogP contribution in [0.3, 0.4) is 0 Å². The summed E-state index contributed by atoms with van der Waals surface area (Å²) in [6.07, 6.45) is 3.17. The number of hydrogen-bond acceptors (Lipinski definition) is 4. The fourth-order valence-electron chi connectivity index (χ4n) is 2.55. The van der Waals surface area contributed by atoms with Gasteiger partial charge in [-0.05, 0) is 40.0 Å². The fraction of sp³-hybridized carbons (Fsp3) is 0.875. The van der Waals surface area contributed by atoms with Crippen molar-refractivity contribution in [1.82, 2.24) is 10.2 Å². The maximum atomic E-state index is 12.1. The molecule has 1 heterocycles. The fourth-order valence-corrected chi connectivity index (χ4v) is 2.55. The van der Waals surface area contributed by atoms with Gasteiger partial charge in [0.25, 0.3) is 0 Å². The lowest BCUT2D eigenvalue weighted by Gasteiger charge is -2.33. The Balaban J connectivity index is 2.16. The molecule has 1 rings (SSSR count). The van der Waals surface area contributed by atoms with E-state index in [1.165, 1.54) is 6.42 Å². The summed E-state index contributed by atoms with van der Waals surface area (Å²) in [4.78, 5) is 25.9. The molecule has 22 heavy (non-hydrogen) atoms. The Morgan fingerprint density at radius 1 is 1.32 bits per heavy atom. The van der Waals surface area contributed by atoms with E-state index < -0.39 is 6.10 Å². The highest BCUT2D eigenvalue weighted by Gasteiger charge is 2.23. The minimum atomic E-state index is -0.524. The Bertz CT molecular complexity index is 349. The summed E-state index contributed by atoms with van der Waals surface area (Å²) < 4.78 is 10.5. The molecule has 0 aromatic carbocycles. The van der Waals surface area contributed by atoms with Crippen molar-refractivity contribution < 1.29 is 19.1 Å². The summed E-state index contributed by atoms with van der Waals surface area (Å²) in [6, 6.07) is 0.317. The van der Waals surface area contributed by atoms with E-state index >= 15 is 0 Å². The maximum Gasteiger partial charge on any atom is 0.248 e. The lowest BCUT2D eigenvalue weighted by atomic mass is 10.0. The summed E-state index contributed by atoms with van der Waals surface area (Å²) in [7, 11) is 0. The number of rotatable bonds is 9. The predicted octanol–water partition coefficient (Wildman–Crippen LogP) is 1.34. The number of ether oxygens (including phenoxy) is 2. The molecule has 0 bridgehead atoms. The SMILES string of the molecule is CCOCCO[C@@H](C)C(=O)NCCC(=O)N1CCCC[C@H]1C. The van der Waals surface area contributed by atoms with Crippen molar-refractivity contribution in [2.45, 2.75) is 58.6 Å². The molecule has 0 aromatic rings. The molecule has 0 aliphatic carbocycles. The maximum absolute atomic E-state index is 12.1. The van der Waals surface area contributed by atoms with Crippen LogP contribution in [0.2, 0.25) is 0 Å². The van der Waals surface area contributed by atoms with Crippen LogP contribution in [0, 0.1) is 0 Å². The third-order valence-electron chi connectivity index (χ3n) is 3.93. The first kappa shape index (κ1) is 18.9. The Labute approximate surface area is 133 Å². The molecule has 1 aliphatic rings. The Morgan fingerprint density at radius 3 is 2.77 bits per heavy atom. The van der Waals surface area contributed by atoms with E-state index in [4.69, 9.17) is 9.47 Å². The van der Waals surface area contributed by atoms with E-state index in [0.29, 0.717) is 38.8 Å². The molecule has 6 heteroatoms. The molecule has 1 N–H and O–H groups in total. The summed E-state index contributed by atoms with van der Waals surface area (Å²) in [6.45, 7) is 8.42. The van der Waals surface area contributed by atoms with E-state index in [-0.39, 0.29) is 11.8 Å². The molecule has 6 nitrogen and oxygen atoms in total. The van der Waals surface area contributed by atoms with Gasteiger partial charge in [0, 0.05) is 32.2 Å². The number of nitrogens with one attached hydrogen (secondary N) is 1. The van der Waals surface area contributed by atoms with Gasteiger partial charge in [-0.1, -0.05) is 0 Å². The molecule has 0 saturated carbocycles. The second-order valence-corrected chi connectivity index (χ2v) is 5.68. The van der Waals surface area contributed by atoms with Crippen molar-refractivity contribution in [2.24, 2.45) is 0 Å². The first-order valence-electron chi connectivity index (χ1n) is 8.32. The van der Waals surface area contributed by atoms with Crippen molar-refractivity contribution in [1.29, 1.82) is 0 Å². The highest BCUT2D eigenvalue weighted by atomic mass is 16.5. The summed E-state index contributed by atoms with van der Waals surface area (Å²) >= 11 is 0. The molecule has 0 radical (unpaired) electrons. The second-order valence-electron chi connectivity index (χ2n) is 5.68. The van der Waals surface area contributed by atoms with Crippen LogP contribution in [0.1, 0.15) is 46.5 Å². The Kier molecular flexibility index (Phi) is 9.08. The Hall–Kier alpha value is -1.14. The average molecular weight is 314 g/mol. The summed E-state index contributed by atoms with van der Waals surface area (Å²) in [5.41, 5.74) is 0. The third-order valence-corrected chi connectivity index (χ3v) is 3.93. The smallest absolute Gasteiger partial charge is 0.248 e. The predicted molar refractivity (Wildman–Crippen MR) is 84.6 cm³/mol. The highest BCUT2D eigenvalue weighted by Crippen LogP contribution is 2.16. The summed E-state index contributed by atoms with van der Waals surface area (Å²) in [5, 5.41) is 2.76. The topological polar surface area (TPSA) is 67.9 Å². The minimum Gasteiger partial charge on any atom is -0.379 e. The number of piperidine rings is 1. The zero-order valence-corrected chi connectivity index (χ0v) is 14.1. The Morgan fingerprint density at radius 2 is 2.09 bits per heavy atom. The van der Waals surface area contributed by atoms with Gasteiger partial charge in [0.05, 0.1) is 13.2 Å².